The fourth-order valence-electron chi connectivity index (χ4n) is 6.26. The Hall–Kier alpha value is -3.46. The minimum atomic E-state index is -1.39. The molecule has 0 aromatic carbocycles. The van der Waals surface area contributed by atoms with Gasteiger partial charge in [-0.2, -0.15) is 0 Å². The number of hydrogen-bond donors (Lipinski definition) is 4. The third kappa shape index (κ3) is 39.2. The zero-order valence-electron chi connectivity index (χ0n) is 36.1. The number of amides is 2. The number of aliphatic hydroxyl groups excluding tert-OH is 1. The quantitative estimate of drug-likeness (QED) is 0.0275. The first-order valence-electron chi connectivity index (χ1n) is 22.7. The molecule has 2 unspecified atom stereocenters. The van der Waals surface area contributed by atoms with Crippen LogP contribution in [0.1, 0.15) is 194 Å². The number of esters is 1. The number of carbonyl (C=O) groups excluding carboxylic acids is 3. The molecule has 0 bridgehead atoms. The summed E-state index contributed by atoms with van der Waals surface area (Å²) in [4.78, 5) is 47.6. The molecule has 0 aromatic heterocycles. The molecule has 0 heterocycles. The van der Waals surface area contributed by atoms with Crippen molar-refractivity contribution in [2.45, 2.75) is 206 Å². The molecule has 2 amide bonds. The minimum absolute atomic E-state index is 0.120. The van der Waals surface area contributed by atoms with E-state index in [2.05, 4.69) is 85.2 Å². The molecule has 4 N–H and O–H groups in total. The maximum Gasteiger partial charge on any atom is 0.328 e. The summed E-state index contributed by atoms with van der Waals surface area (Å²) < 4.78 is 5.92. The van der Waals surface area contributed by atoms with E-state index in [-0.39, 0.29) is 30.9 Å². The largest absolute Gasteiger partial charge is 0.480 e. The molecule has 0 fully saturated rings. The lowest BCUT2D eigenvalue weighted by Gasteiger charge is -2.15. The molecule has 2 atom stereocenters. The molecule has 0 aromatic rings. The van der Waals surface area contributed by atoms with Gasteiger partial charge in [0, 0.05) is 12.8 Å². The van der Waals surface area contributed by atoms with Crippen molar-refractivity contribution >= 4 is 23.8 Å². The van der Waals surface area contributed by atoms with Crippen molar-refractivity contribution in [2.24, 2.45) is 0 Å². The molecule has 9 heteroatoms. The lowest BCUT2D eigenvalue weighted by molar-refractivity contribution is -0.147. The van der Waals surface area contributed by atoms with Gasteiger partial charge in [-0.15, -0.1) is 0 Å². The summed E-state index contributed by atoms with van der Waals surface area (Å²) in [5.41, 5.74) is 0. The number of carboxylic acids is 1. The molecule has 0 rings (SSSR count). The number of aliphatic hydroxyl groups is 1. The molecular formula is C48H82N2O7. The molecule has 9 nitrogen and oxygen atoms in total. The SMILES string of the molecule is CC/C=C\C/C=C\C/C=C\C/C=C\CCCCCCCCCCC(=O)OC(/C=C\CCCCCCCCC)CCCCCCC(=O)NCC(=O)NC(CO)C(=O)O. The number of allylic oxidation sites excluding steroid dienone is 9. The highest BCUT2D eigenvalue weighted by atomic mass is 16.5. The fourth-order valence-corrected chi connectivity index (χ4v) is 6.26. The Kier molecular flexibility index (Phi) is 39.6. The van der Waals surface area contributed by atoms with Gasteiger partial charge in [0.15, 0.2) is 0 Å². The highest BCUT2D eigenvalue weighted by Gasteiger charge is 2.18. The first-order chi connectivity index (χ1) is 27.8. The van der Waals surface area contributed by atoms with Gasteiger partial charge < -0.3 is 25.6 Å². The number of carboxylic acid groups (broad SMARTS) is 1. The van der Waals surface area contributed by atoms with Gasteiger partial charge in [-0.05, 0) is 83.1 Å². The Morgan fingerprint density at radius 2 is 1.05 bits per heavy atom. The van der Waals surface area contributed by atoms with Crippen LogP contribution in [0.2, 0.25) is 0 Å². The number of rotatable bonds is 40. The first kappa shape index (κ1) is 53.5. The van der Waals surface area contributed by atoms with E-state index in [1.165, 1.54) is 70.6 Å². The second-order valence-electron chi connectivity index (χ2n) is 15.1. The molecule has 0 aliphatic carbocycles. The van der Waals surface area contributed by atoms with Crippen molar-refractivity contribution in [3.05, 3.63) is 60.8 Å². The topological polar surface area (TPSA) is 142 Å². The van der Waals surface area contributed by atoms with Gasteiger partial charge in [-0.25, -0.2) is 4.79 Å². The standard InChI is InChI=1S/C48H82N2O7/c1-3-5-7-9-11-13-14-15-16-17-18-19-20-21-22-23-24-26-28-30-36-40-47(54)57-43(37-33-29-27-25-12-10-8-6-4-2)38-34-31-32-35-39-45(52)49-41-46(53)50-44(42-51)48(55)56/h5,7,11,13,15-16,18-19,33,37,43-44,51H,3-4,6,8-10,12,14,17,20-32,34-36,38-42H2,1-2H3,(H,49,52)(H,50,53)(H,55,56)/b7-5-,13-11-,16-15-,19-18-,37-33-. The summed E-state index contributed by atoms with van der Waals surface area (Å²) >= 11 is 0. The number of nitrogens with one attached hydrogen (secondary N) is 2. The summed E-state index contributed by atoms with van der Waals surface area (Å²) in [6.07, 6.45) is 51.2. The van der Waals surface area contributed by atoms with Crippen molar-refractivity contribution < 1.29 is 34.1 Å². The van der Waals surface area contributed by atoms with Gasteiger partial charge in [-0.3, -0.25) is 14.4 Å². The van der Waals surface area contributed by atoms with Crippen LogP contribution in [-0.2, 0) is 23.9 Å². The van der Waals surface area contributed by atoms with E-state index in [0.29, 0.717) is 12.8 Å². The van der Waals surface area contributed by atoms with Crippen LogP contribution in [0.4, 0.5) is 0 Å². The van der Waals surface area contributed by atoms with E-state index >= 15 is 0 Å². The molecule has 0 radical (unpaired) electrons. The maximum absolute atomic E-state index is 12.8. The van der Waals surface area contributed by atoms with Crippen LogP contribution < -0.4 is 10.6 Å². The number of unbranched alkanes of at least 4 members (excludes halogenated alkanes) is 18. The van der Waals surface area contributed by atoms with Gasteiger partial charge in [0.05, 0.1) is 13.2 Å². The van der Waals surface area contributed by atoms with E-state index < -0.39 is 24.5 Å². The van der Waals surface area contributed by atoms with Gasteiger partial charge in [0.25, 0.3) is 0 Å². The van der Waals surface area contributed by atoms with Crippen molar-refractivity contribution in [3.8, 4) is 0 Å². The van der Waals surface area contributed by atoms with Gasteiger partial charge >= 0.3 is 11.9 Å². The lowest BCUT2D eigenvalue weighted by Crippen LogP contribution is -2.47. The summed E-state index contributed by atoms with van der Waals surface area (Å²) in [7, 11) is 0. The van der Waals surface area contributed by atoms with Crippen LogP contribution in [0.3, 0.4) is 0 Å². The van der Waals surface area contributed by atoms with Gasteiger partial charge in [0.2, 0.25) is 11.8 Å². The van der Waals surface area contributed by atoms with Crippen LogP contribution in [0.25, 0.3) is 0 Å². The van der Waals surface area contributed by atoms with Crippen molar-refractivity contribution in [1.29, 1.82) is 0 Å². The lowest BCUT2D eigenvalue weighted by atomic mass is 10.1. The zero-order chi connectivity index (χ0) is 41.9. The second-order valence-corrected chi connectivity index (χ2v) is 15.1. The van der Waals surface area contributed by atoms with Crippen LogP contribution in [0.5, 0.6) is 0 Å². The molecule has 0 saturated heterocycles. The molecule has 0 spiro atoms. The smallest absolute Gasteiger partial charge is 0.328 e. The Morgan fingerprint density at radius 3 is 1.61 bits per heavy atom. The third-order valence-electron chi connectivity index (χ3n) is 9.73. The minimum Gasteiger partial charge on any atom is -0.480 e. The Labute approximate surface area is 347 Å². The normalized spacial score (nSPS) is 13.0. The summed E-state index contributed by atoms with van der Waals surface area (Å²) in [6, 6.07) is -1.39. The van der Waals surface area contributed by atoms with E-state index in [1.54, 1.807) is 0 Å². The second kappa shape index (κ2) is 42.2. The van der Waals surface area contributed by atoms with Crippen molar-refractivity contribution in [2.75, 3.05) is 13.2 Å². The molecule has 0 saturated carbocycles. The monoisotopic (exact) mass is 799 g/mol. The van der Waals surface area contributed by atoms with Crippen LogP contribution in [0.15, 0.2) is 60.8 Å². The average molecular weight is 799 g/mol. The fraction of sp³-hybridized carbons (Fsp3) is 0.708. The van der Waals surface area contributed by atoms with Gasteiger partial charge in [0.1, 0.15) is 12.1 Å². The highest BCUT2D eigenvalue weighted by molar-refractivity contribution is 5.87. The Morgan fingerprint density at radius 1 is 0.561 bits per heavy atom. The zero-order valence-corrected chi connectivity index (χ0v) is 36.1. The maximum atomic E-state index is 12.8. The van der Waals surface area contributed by atoms with Crippen LogP contribution >= 0.6 is 0 Å². The van der Waals surface area contributed by atoms with Crippen LogP contribution in [-0.4, -0.2) is 59.3 Å². The highest BCUT2D eigenvalue weighted by Crippen LogP contribution is 2.16. The van der Waals surface area contributed by atoms with E-state index in [4.69, 9.17) is 14.9 Å². The van der Waals surface area contributed by atoms with E-state index in [1.807, 2.05) is 0 Å². The molecule has 326 valence electrons. The van der Waals surface area contributed by atoms with Crippen molar-refractivity contribution in [3.63, 3.8) is 0 Å². The average Bonchev–Trinajstić information content (AvgIpc) is 3.20. The summed E-state index contributed by atoms with van der Waals surface area (Å²) in [5.74, 6) is -2.41. The summed E-state index contributed by atoms with van der Waals surface area (Å²) in [6.45, 7) is 3.33. The number of ether oxygens (including phenoxy) is 1. The molecular weight excluding hydrogens is 717 g/mol. The number of hydrogen-bond acceptors (Lipinski definition) is 6. The van der Waals surface area contributed by atoms with Gasteiger partial charge in [-0.1, -0.05) is 158 Å². The number of carbonyl (C=O) groups is 4. The van der Waals surface area contributed by atoms with Crippen molar-refractivity contribution in [1.82, 2.24) is 10.6 Å². The van der Waals surface area contributed by atoms with E-state index in [9.17, 15) is 19.2 Å². The predicted octanol–water partition coefficient (Wildman–Crippen LogP) is 11.3. The first-order valence-corrected chi connectivity index (χ1v) is 22.7. The van der Waals surface area contributed by atoms with Crippen LogP contribution in [0, 0.1) is 0 Å². The molecule has 57 heavy (non-hydrogen) atoms. The Balaban J connectivity index is 4.25. The molecule has 0 aliphatic rings. The molecule has 0 aliphatic heterocycles. The Bertz CT molecular complexity index is 1140. The third-order valence-corrected chi connectivity index (χ3v) is 9.73. The number of aliphatic carboxylic acids is 1. The predicted molar refractivity (Wildman–Crippen MR) is 236 cm³/mol. The summed E-state index contributed by atoms with van der Waals surface area (Å²) in [5, 5.41) is 22.6. The van der Waals surface area contributed by atoms with E-state index in [0.717, 1.165) is 89.9 Å².